The summed E-state index contributed by atoms with van der Waals surface area (Å²) in [7, 11) is 0. The van der Waals surface area contributed by atoms with Gasteiger partial charge in [0.05, 0.1) is 17.8 Å². The summed E-state index contributed by atoms with van der Waals surface area (Å²) < 4.78 is 3.65. The normalized spacial score (nSPS) is 17.1. The van der Waals surface area contributed by atoms with Gasteiger partial charge in [-0.25, -0.2) is 0 Å². The highest BCUT2D eigenvalue weighted by Crippen LogP contribution is 2.28. The maximum Gasteiger partial charge on any atom is 0.244 e. The molecular formula is C15H21ClN6O. The lowest BCUT2D eigenvalue weighted by Crippen LogP contribution is -2.32. The standard InChI is InChI=1S/C15H21ClN6O/c1-11(22-9-12(16)7-19-22)15(23)17-8-14-20-18-10-21(14)13-5-3-2-4-6-13/h7,9-11,13H,2-6,8H2,1H3,(H,17,23)/t11-/m1/s1. The molecule has 124 valence electrons. The lowest BCUT2D eigenvalue weighted by molar-refractivity contribution is -0.124. The average molecular weight is 337 g/mol. The maximum absolute atomic E-state index is 12.3. The molecule has 2 aromatic rings. The summed E-state index contributed by atoms with van der Waals surface area (Å²) in [5.74, 6) is 0.680. The molecule has 0 saturated heterocycles. The molecule has 1 aliphatic rings. The zero-order valence-electron chi connectivity index (χ0n) is 13.2. The van der Waals surface area contributed by atoms with Crippen LogP contribution < -0.4 is 5.32 Å². The molecular weight excluding hydrogens is 316 g/mol. The third-order valence-corrected chi connectivity index (χ3v) is 4.58. The number of hydrogen-bond donors (Lipinski definition) is 1. The number of hydrogen-bond acceptors (Lipinski definition) is 4. The van der Waals surface area contributed by atoms with Crippen LogP contribution in [0.15, 0.2) is 18.7 Å². The molecule has 0 bridgehead atoms. The second kappa shape index (κ2) is 7.12. The Balaban J connectivity index is 1.60. The van der Waals surface area contributed by atoms with Crippen LogP contribution >= 0.6 is 11.6 Å². The molecule has 0 spiro atoms. The van der Waals surface area contributed by atoms with Gasteiger partial charge < -0.3 is 9.88 Å². The molecule has 7 nitrogen and oxygen atoms in total. The molecule has 0 unspecified atom stereocenters. The van der Waals surface area contributed by atoms with Gasteiger partial charge in [-0.2, -0.15) is 5.10 Å². The van der Waals surface area contributed by atoms with Crippen molar-refractivity contribution in [1.29, 1.82) is 0 Å². The fraction of sp³-hybridized carbons (Fsp3) is 0.600. The molecule has 23 heavy (non-hydrogen) atoms. The highest BCUT2D eigenvalue weighted by molar-refractivity contribution is 6.30. The van der Waals surface area contributed by atoms with Crippen LogP contribution in [0.4, 0.5) is 0 Å². The third-order valence-electron chi connectivity index (χ3n) is 4.38. The number of nitrogens with one attached hydrogen (secondary N) is 1. The predicted octanol–water partition coefficient (Wildman–Crippen LogP) is 2.51. The van der Waals surface area contributed by atoms with Gasteiger partial charge in [0.1, 0.15) is 12.4 Å². The Morgan fingerprint density at radius 1 is 1.43 bits per heavy atom. The summed E-state index contributed by atoms with van der Waals surface area (Å²) in [5, 5.41) is 15.6. The van der Waals surface area contributed by atoms with Gasteiger partial charge in [-0.3, -0.25) is 9.48 Å². The number of carbonyl (C=O) groups excluding carboxylic acids is 1. The Bertz CT molecular complexity index is 660. The Kier molecular flexibility index (Phi) is 4.95. The van der Waals surface area contributed by atoms with E-state index in [1.54, 1.807) is 24.1 Å². The van der Waals surface area contributed by atoms with Crippen molar-refractivity contribution in [2.24, 2.45) is 0 Å². The predicted molar refractivity (Wildman–Crippen MR) is 85.9 cm³/mol. The van der Waals surface area contributed by atoms with Gasteiger partial charge in [-0.15, -0.1) is 10.2 Å². The first-order chi connectivity index (χ1) is 11.1. The highest BCUT2D eigenvalue weighted by atomic mass is 35.5. The second-order valence-electron chi connectivity index (χ2n) is 5.98. The van der Waals surface area contributed by atoms with Crippen molar-refractivity contribution in [3.05, 3.63) is 29.6 Å². The monoisotopic (exact) mass is 336 g/mol. The van der Waals surface area contributed by atoms with Gasteiger partial charge in [-0.1, -0.05) is 30.9 Å². The zero-order valence-corrected chi connectivity index (χ0v) is 13.9. The number of nitrogens with zero attached hydrogens (tertiary/aromatic N) is 5. The van der Waals surface area contributed by atoms with Crippen LogP contribution in [0.3, 0.4) is 0 Å². The Morgan fingerprint density at radius 3 is 2.91 bits per heavy atom. The molecule has 1 amide bonds. The maximum atomic E-state index is 12.3. The Hall–Kier alpha value is -1.89. The molecule has 1 fully saturated rings. The minimum absolute atomic E-state index is 0.122. The van der Waals surface area contributed by atoms with Gasteiger partial charge >= 0.3 is 0 Å². The number of aromatic nitrogens is 5. The molecule has 0 radical (unpaired) electrons. The lowest BCUT2D eigenvalue weighted by atomic mass is 9.95. The molecule has 0 aliphatic heterocycles. The van der Waals surface area contributed by atoms with Crippen molar-refractivity contribution in [3.8, 4) is 0 Å². The van der Waals surface area contributed by atoms with Gasteiger partial charge in [0.15, 0.2) is 5.82 Å². The van der Waals surface area contributed by atoms with E-state index in [0.29, 0.717) is 17.6 Å². The van der Waals surface area contributed by atoms with E-state index in [-0.39, 0.29) is 5.91 Å². The molecule has 3 rings (SSSR count). The smallest absolute Gasteiger partial charge is 0.244 e. The van der Waals surface area contributed by atoms with E-state index in [1.165, 1.54) is 25.5 Å². The third kappa shape index (κ3) is 3.72. The van der Waals surface area contributed by atoms with E-state index in [2.05, 4.69) is 25.2 Å². The topological polar surface area (TPSA) is 77.6 Å². The quantitative estimate of drug-likeness (QED) is 0.910. The fourth-order valence-corrected chi connectivity index (χ4v) is 3.16. The molecule has 1 aliphatic carbocycles. The van der Waals surface area contributed by atoms with E-state index in [9.17, 15) is 4.79 Å². The van der Waals surface area contributed by atoms with Crippen molar-refractivity contribution in [2.45, 2.75) is 57.7 Å². The molecule has 0 aromatic carbocycles. The van der Waals surface area contributed by atoms with Crippen molar-refractivity contribution in [3.63, 3.8) is 0 Å². The molecule has 8 heteroatoms. The largest absolute Gasteiger partial charge is 0.347 e. The molecule has 1 atom stereocenters. The van der Waals surface area contributed by atoms with E-state index >= 15 is 0 Å². The van der Waals surface area contributed by atoms with Gasteiger partial charge in [0, 0.05) is 12.2 Å². The summed E-state index contributed by atoms with van der Waals surface area (Å²) >= 11 is 5.84. The molecule has 1 saturated carbocycles. The van der Waals surface area contributed by atoms with Crippen molar-refractivity contribution in [2.75, 3.05) is 0 Å². The first-order valence-corrected chi connectivity index (χ1v) is 8.38. The van der Waals surface area contributed by atoms with Crippen LogP contribution in [-0.4, -0.2) is 30.5 Å². The zero-order chi connectivity index (χ0) is 16.2. The molecule has 2 aromatic heterocycles. The highest BCUT2D eigenvalue weighted by Gasteiger charge is 2.20. The second-order valence-corrected chi connectivity index (χ2v) is 6.42. The van der Waals surface area contributed by atoms with Crippen LogP contribution in [0, 0.1) is 0 Å². The van der Waals surface area contributed by atoms with E-state index in [0.717, 1.165) is 18.7 Å². The number of halogens is 1. The van der Waals surface area contributed by atoms with Gasteiger partial charge in [0.2, 0.25) is 5.91 Å². The van der Waals surface area contributed by atoms with Gasteiger partial charge in [-0.05, 0) is 19.8 Å². The average Bonchev–Trinajstić information content (AvgIpc) is 3.21. The first-order valence-electron chi connectivity index (χ1n) is 8.01. The Morgan fingerprint density at radius 2 is 2.22 bits per heavy atom. The SMILES string of the molecule is C[C@H](C(=O)NCc1nncn1C1CCCCC1)n1cc(Cl)cn1. The van der Waals surface area contributed by atoms with Crippen LogP contribution in [0.1, 0.15) is 56.9 Å². The van der Waals surface area contributed by atoms with E-state index in [1.807, 2.05) is 0 Å². The van der Waals surface area contributed by atoms with Gasteiger partial charge in [0.25, 0.3) is 0 Å². The van der Waals surface area contributed by atoms with E-state index < -0.39 is 6.04 Å². The number of rotatable bonds is 5. The van der Waals surface area contributed by atoms with Crippen LogP contribution in [0.25, 0.3) is 0 Å². The Labute approximate surface area is 140 Å². The molecule has 2 heterocycles. The minimum Gasteiger partial charge on any atom is -0.347 e. The summed E-state index contributed by atoms with van der Waals surface area (Å²) in [6.07, 6.45) is 11.0. The molecule has 1 N–H and O–H groups in total. The summed E-state index contributed by atoms with van der Waals surface area (Å²) in [6, 6.07) is 0.0292. The first kappa shape index (κ1) is 16.0. The summed E-state index contributed by atoms with van der Waals surface area (Å²) in [5.41, 5.74) is 0. The van der Waals surface area contributed by atoms with Crippen molar-refractivity contribution in [1.82, 2.24) is 29.9 Å². The number of carbonyl (C=O) groups is 1. The van der Waals surface area contributed by atoms with Crippen LogP contribution in [-0.2, 0) is 11.3 Å². The summed E-state index contributed by atoms with van der Waals surface area (Å²) in [4.78, 5) is 12.3. The lowest BCUT2D eigenvalue weighted by Gasteiger charge is -2.24. The minimum atomic E-state index is -0.423. The van der Waals surface area contributed by atoms with Crippen LogP contribution in [0.5, 0.6) is 0 Å². The van der Waals surface area contributed by atoms with Crippen LogP contribution in [0.2, 0.25) is 5.02 Å². The van der Waals surface area contributed by atoms with Crippen molar-refractivity contribution < 1.29 is 4.79 Å². The fourth-order valence-electron chi connectivity index (χ4n) is 3.02. The van der Waals surface area contributed by atoms with E-state index in [4.69, 9.17) is 11.6 Å². The van der Waals surface area contributed by atoms with Crippen molar-refractivity contribution >= 4 is 17.5 Å². The summed E-state index contributed by atoms with van der Waals surface area (Å²) in [6.45, 7) is 2.15. The number of amides is 1.